The third kappa shape index (κ3) is 3.18. The molecule has 3 rings (SSSR count). The molecule has 1 N–H and O–H groups in total. The summed E-state index contributed by atoms with van der Waals surface area (Å²) in [5.41, 5.74) is 0.690. The van der Waals surface area contributed by atoms with Gasteiger partial charge in [-0.1, -0.05) is 18.2 Å². The average Bonchev–Trinajstić information content (AvgIpc) is 3.01. The molecule has 1 aromatic heterocycles. The van der Waals surface area contributed by atoms with Gasteiger partial charge in [0.1, 0.15) is 0 Å². The van der Waals surface area contributed by atoms with Crippen LogP contribution in [0, 0.1) is 0 Å². The third-order valence-corrected chi connectivity index (χ3v) is 4.57. The highest BCUT2D eigenvalue weighted by Gasteiger charge is 2.27. The van der Waals surface area contributed by atoms with Gasteiger partial charge in [0.25, 0.3) is 5.16 Å². The monoisotopic (exact) mass is 351 g/mol. The first kappa shape index (κ1) is 16.2. The van der Waals surface area contributed by atoms with Crippen molar-refractivity contribution in [3.05, 3.63) is 30.3 Å². The summed E-state index contributed by atoms with van der Waals surface area (Å²) in [6, 6.07) is 9.10. The molecule has 1 aliphatic rings. The van der Waals surface area contributed by atoms with Gasteiger partial charge in [-0.05, 0) is 12.1 Å². The van der Waals surface area contributed by atoms with Gasteiger partial charge in [-0.3, -0.25) is 0 Å². The smallest absolute Gasteiger partial charge is 0.407 e. The van der Waals surface area contributed by atoms with Gasteiger partial charge in [0, 0.05) is 32.4 Å². The van der Waals surface area contributed by atoms with Crippen molar-refractivity contribution in [2.45, 2.75) is 5.16 Å². The molecule has 24 heavy (non-hydrogen) atoms. The minimum Gasteiger partial charge on any atom is -0.465 e. The molecule has 0 radical (unpaired) electrons. The largest absolute Gasteiger partial charge is 0.465 e. The van der Waals surface area contributed by atoms with Crippen LogP contribution in [0.4, 0.5) is 10.7 Å². The number of hydrogen-bond acceptors (Lipinski definition) is 6. The Balaban J connectivity index is 1.98. The van der Waals surface area contributed by atoms with E-state index in [1.807, 2.05) is 23.1 Å². The van der Waals surface area contributed by atoms with Gasteiger partial charge in [0.2, 0.25) is 15.8 Å². The van der Waals surface area contributed by atoms with E-state index in [2.05, 4.69) is 10.1 Å². The second kappa shape index (κ2) is 6.11. The molecule has 10 heteroatoms. The fourth-order valence-electron chi connectivity index (χ4n) is 2.49. The molecule has 0 atom stereocenters. The maximum absolute atomic E-state index is 11.8. The molecular formula is C14H17N5O4S. The molecule has 1 fully saturated rings. The maximum Gasteiger partial charge on any atom is 0.407 e. The fourth-order valence-corrected chi connectivity index (χ4v) is 2.96. The van der Waals surface area contributed by atoms with Gasteiger partial charge < -0.3 is 14.9 Å². The number of piperazine rings is 1. The molecule has 0 bridgehead atoms. The lowest BCUT2D eigenvalue weighted by atomic mass is 10.3. The molecule has 9 nitrogen and oxygen atoms in total. The van der Waals surface area contributed by atoms with E-state index in [4.69, 9.17) is 5.11 Å². The number of nitrogens with zero attached hydrogens (tertiary/aromatic N) is 5. The summed E-state index contributed by atoms with van der Waals surface area (Å²) in [5, 5.41) is 12.9. The zero-order valence-electron chi connectivity index (χ0n) is 13.0. The molecular weight excluding hydrogens is 334 g/mol. The second-order valence-corrected chi connectivity index (χ2v) is 7.38. The molecule has 1 aromatic carbocycles. The molecule has 0 unspecified atom stereocenters. The highest BCUT2D eigenvalue weighted by molar-refractivity contribution is 7.90. The van der Waals surface area contributed by atoms with Gasteiger partial charge in [-0.2, -0.15) is 9.67 Å². The number of rotatable bonds is 3. The van der Waals surface area contributed by atoms with Crippen molar-refractivity contribution in [2.24, 2.45) is 0 Å². The summed E-state index contributed by atoms with van der Waals surface area (Å²) < 4.78 is 25.1. The van der Waals surface area contributed by atoms with Gasteiger partial charge in [0.05, 0.1) is 5.69 Å². The lowest BCUT2D eigenvalue weighted by Gasteiger charge is -2.33. The van der Waals surface area contributed by atoms with E-state index in [9.17, 15) is 13.2 Å². The third-order valence-electron chi connectivity index (χ3n) is 3.74. The number of para-hydroxylation sites is 1. The Morgan fingerprint density at radius 2 is 1.75 bits per heavy atom. The predicted octanol–water partition coefficient (Wildman–Crippen LogP) is 0.471. The van der Waals surface area contributed by atoms with Gasteiger partial charge in [-0.25, -0.2) is 13.2 Å². The van der Waals surface area contributed by atoms with Crippen LogP contribution >= 0.6 is 0 Å². The van der Waals surface area contributed by atoms with Crippen LogP contribution in [0.3, 0.4) is 0 Å². The first-order valence-corrected chi connectivity index (χ1v) is 9.21. The highest BCUT2D eigenvalue weighted by atomic mass is 32.2. The number of benzene rings is 1. The van der Waals surface area contributed by atoms with E-state index in [0.717, 1.165) is 6.26 Å². The van der Waals surface area contributed by atoms with E-state index >= 15 is 0 Å². The second-order valence-electron chi connectivity index (χ2n) is 5.47. The average molecular weight is 351 g/mol. The minimum atomic E-state index is -3.55. The number of anilines is 1. The lowest BCUT2D eigenvalue weighted by molar-refractivity contribution is 0.142. The van der Waals surface area contributed by atoms with Gasteiger partial charge >= 0.3 is 6.09 Å². The molecule has 1 amide bonds. The van der Waals surface area contributed by atoms with E-state index in [1.54, 1.807) is 12.1 Å². The van der Waals surface area contributed by atoms with Crippen molar-refractivity contribution in [1.29, 1.82) is 0 Å². The summed E-state index contributed by atoms with van der Waals surface area (Å²) in [5.74, 6) is 0.395. The van der Waals surface area contributed by atoms with E-state index in [1.165, 1.54) is 9.58 Å². The quantitative estimate of drug-likeness (QED) is 0.856. The van der Waals surface area contributed by atoms with Gasteiger partial charge in [-0.15, -0.1) is 5.10 Å². The highest BCUT2D eigenvalue weighted by Crippen LogP contribution is 2.21. The Kier molecular flexibility index (Phi) is 4.14. The Hall–Kier alpha value is -2.62. The molecule has 0 aliphatic carbocycles. The standard InChI is InChI=1S/C14H17N5O4S/c1-24(22,23)12-15-13(17-7-9-18(10-8-17)14(20)21)19(16-12)11-5-3-2-4-6-11/h2-6H,7-10H2,1H3,(H,20,21). The summed E-state index contributed by atoms with van der Waals surface area (Å²) in [6.45, 7) is 1.48. The molecule has 2 heterocycles. The molecule has 0 saturated carbocycles. The van der Waals surface area contributed by atoms with Crippen molar-refractivity contribution >= 4 is 21.9 Å². The summed E-state index contributed by atoms with van der Waals surface area (Å²) in [4.78, 5) is 18.3. The van der Waals surface area contributed by atoms with E-state index in [0.29, 0.717) is 37.8 Å². The van der Waals surface area contributed by atoms with Crippen LogP contribution in [0.15, 0.2) is 35.5 Å². The summed E-state index contributed by atoms with van der Waals surface area (Å²) >= 11 is 0. The van der Waals surface area contributed by atoms with Gasteiger partial charge in [0.15, 0.2) is 0 Å². The van der Waals surface area contributed by atoms with Crippen LogP contribution < -0.4 is 4.90 Å². The number of carbonyl (C=O) groups is 1. The molecule has 2 aromatic rings. The fraction of sp³-hybridized carbons (Fsp3) is 0.357. The number of hydrogen-bond donors (Lipinski definition) is 1. The maximum atomic E-state index is 11.8. The number of aromatic nitrogens is 3. The zero-order valence-corrected chi connectivity index (χ0v) is 13.8. The number of sulfone groups is 1. The Bertz CT molecular complexity index is 841. The minimum absolute atomic E-state index is 0.248. The van der Waals surface area contributed by atoms with Crippen molar-refractivity contribution < 1.29 is 18.3 Å². The van der Waals surface area contributed by atoms with Crippen molar-refractivity contribution in [2.75, 3.05) is 37.3 Å². The van der Waals surface area contributed by atoms with Crippen LogP contribution in [0.1, 0.15) is 0 Å². The zero-order chi connectivity index (χ0) is 17.3. The first-order chi connectivity index (χ1) is 11.4. The lowest BCUT2D eigenvalue weighted by Crippen LogP contribution is -2.49. The van der Waals surface area contributed by atoms with Crippen LogP contribution in [-0.4, -0.2) is 71.7 Å². The Morgan fingerprint density at radius 3 is 2.29 bits per heavy atom. The summed E-state index contributed by atoms with van der Waals surface area (Å²) in [7, 11) is -3.55. The number of amides is 1. The molecule has 128 valence electrons. The SMILES string of the molecule is CS(=O)(=O)c1nc(N2CCN(C(=O)O)CC2)n(-c2ccccc2)n1. The van der Waals surface area contributed by atoms with Crippen LogP contribution in [0.25, 0.3) is 5.69 Å². The topological polar surface area (TPSA) is 109 Å². The van der Waals surface area contributed by atoms with Crippen molar-refractivity contribution in [1.82, 2.24) is 19.7 Å². The first-order valence-electron chi connectivity index (χ1n) is 7.31. The van der Waals surface area contributed by atoms with Crippen molar-refractivity contribution in [3.63, 3.8) is 0 Å². The number of carboxylic acid groups (broad SMARTS) is 1. The summed E-state index contributed by atoms with van der Waals surface area (Å²) in [6.07, 6.45) is 0.0973. The van der Waals surface area contributed by atoms with E-state index < -0.39 is 15.9 Å². The van der Waals surface area contributed by atoms with Crippen LogP contribution in [-0.2, 0) is 9.84 Å². The van der Waals surface area contributed by atoms with E-state index in [-0.39, 0.29) is 5.16 Å². The van der Waals surface area contributed by atoms with Crippen molar-refractivity contribution in [3.8, 4) is 5.69 Å². The van der Waals surface area contributed by atoms with Crippen LogP contribution in [0.2, 0.25) is 0 Å². The Morgan fingerprint density at radius 1 is 1.12 bits per heavy atom. The Labute approximate surface area is 139 Å². The molecule has 1 saturated heterocycles. The molecule has 1 aliphatic heterocycles. The predicted molar refractivity (Wildman–Crippen MR) is 86.3 cm³/mol. The molecule has 0 spiro atoms. The normalized spacial score (nSPS) is 15.5. The van der Waals surface area contributed by atoms with Crippen LogP contribution in [0.5, 0.6) is 0 Å².